The number of rotatable bonds is 4. The van der Waals surface area contributed by atoms with Crippen LogP contribution >= 0.6 is 24.0 Å². The molecule has 1 saturated heterocycles. The lowest BCUT2D eigenvalue weighted by Gasteiger charge is -2.32. The molecule has 1 aliphatic heterocycles. The molecular formula is C13H17NOS2. The molecule has 0 N–H and O–H groups in total. The van der Waals surface area contributed by atoms with Gasteiger partial charge in [-0.25, -0.2) is 0 Å². The van der Waals surface area contributed by atoms with E-state index in [0.29, 0.717) is 0 Å². The molecule has 0 aliphatic carbocycles. The number of nitrogens with zero attached hydrogens (tertiary/aromatic N) is 1. The average molecular weight is 267 g/mol. The Balaban J connectivity index is 2.02. The van der Waals surface area contributed by atoms with E-state index in [9.17, 15) is 0 Å². The van der Waals surface area contributed by atoms with Crippen molar-refractivity contribution < 1.29 is 4.74 Å². The molecule has 4 heteroatoms. The summed E-state index contributed by atoms with van der Waals surface area (Å²) in [6.45, 7) is 3.58. The lowest BCUT2D eigenvalue weighted by Crippen LogP contribution is -2.39. The summed E-state index contributed by atoms with van der Waals surface area (Å²) in [5, 5.41) is 1.79. The van der Waals surface area contributed by atoms with Crippen LogP contribution in [0.4, 0.5) is 0 Å². The van der Waals surface area contributed by atoms with Crippen molar-refractivity contribution in [1.82, 2.24) is 4.90 Å². The van der Waals surface area contributed by atoms with Crippen LogP contribution in [0, 0.1) is 0 Å². The van der Waals surface area contributed by atoms with Crippen molar-refractivity contribution in [3.05, 3.63) is 29.8 Å². The third kappa shape index (κ3) is 3.52. The van der Waals surface area contributed by atoms with Crippen molar-refractivity contribution in [2.24, 2.45) is 0 Å². The van der Waals surface area contributed by atoms with Crippen molar-refractivity contribution in [3.63, 3.8) is 0 Å². The van der Waals surface area contributed by atoms with Crippen LogP contribution < -0.4 is 0 Å². The summed E-state index contributed by atoms with van der Waals surface area (Å²) in [5.41, 5.74) is 1.26. The van der Waals surface area contributed by atoms with Gasteiger partial charge in [0.2, 0.25) is 0 Å². The molecule has 0 radical (unpaired) electrons. The van der Waals surface area contributed by atoms with Crippen LogP contribution in [0.1, 0.15) is 11.7 Å². The largest absolute Gasteiger partial charge is 0.371 e. The standard InChI is InChI=1S/C13H17NOS2/c1-17-12-4-2-11(3-5-12)13-10-14(7-9-16)6-8-15-13/h2-5,9,13H,6-8,10H2,1H3. The molecule has 0 bridgehead atoms. The zero-order valence-electron chi connectivity index (χ0n) is 9.96. The molecule has 1 heterocycles. The molecule has 1 atom stereocenters. The summed E-state index contributed by atoms with van der Waals surface area (Å²) < 4.78 is 5.82. The topological polar surface area (TPSA) is 12.5 Å². The minimum atomic E-state index is 0.189. The maximum absolute atomic E-state index is 5.82. The van der Waals surface area contributed by atoms with Gasteiger partial charge in [-0.05, 0) is 29.3 Å². The van der Waals surface area contributed by atoms with Gasteiger partial charge in [-0.15, -0.1) is 11.8 Å². The Morgan fingerprint density at radius 3 is 2.88 bits per heavy atom. The van der Waals surface area contributed by atoms with E-state index < -0.39 is 0 Å². The average Bonchev–Trinajstić information content (AvgIpc) is 2.40. The Kier molecular flexibility index (Phi) is 4.98. The molecule has 1 fully saturated rings. The second-order valence-electron chi connectivity index (χ2n) is 4.06. The van der Waals surface area contributed by atoms with Crippen LogP contribution in [0.2, 0.25) is 0 Å². The van der Waals surface area contributed by atoms with Crippen molar-refractivity contribution in [2.75, 3.05) is 32.5 Å². The van der Waals surface area contributed by atoms with Crippen molar-refractivity contribution >= 4 is 29.3 Å². The van der Waals surface area contributed by atoms with Crippen LogP contribution in [-0.4, -0.2) is 42.8 Å². The fourth-order valence-electron chi connectivity index (χ4n) is 1.99. The van der Waals surface area contributed by atoms with Crippen molar-refractivity contribution in [1.29, 1.82) is 0 Å². The van der Waals surface area contributed by atoms with Gasteiger partial charge < -0.3 is 4.74 Å². The summed E-state index contributed by atoms with van der Waals surface area (Å²) >= 11 is 6.67. The minimum Gasteiger partial charge on any atom is -0.371 e. The molecule has 92 valence electrons. The number of thiocarbonyl (C=S) groups is 1. The summed E-state index contributed by atoms with van der Waals surface area (Å²) in [6.07, 6.45) is 2.28. The predicted octanol–water partition coefficient (Wildman–Crippen LogP) is 2.78. The molecule has 0 aromatic heterocycles. The Labute approximate surface area is 112 Å². The van der Waals surface area contributed by atoms with E-state index in [4.69, 9.17) is 17.0 Å². The molecule has 0 spiro atoms. The lowest BCUT2D eigenvalue weighted by molar-refractivity contribution is -0.0242. The van der Waals surface area contributed by atoms with E-state index in [2.05, 4.69) is 35.4 Å². The molecule has 0 amide bonds. The first-order chi connectivity index (χ1) is 8.33. The van der Waals surface area contributed by atoms with Gasteiger partial charge in [-0.2, -0.15) is 0 Å². The van der Waals surface area contributed by atoms with Gasteiger partial charge in [0.1, 0.15) is 0 Å². The molecule has 1 aromatic carbocycles. The Hall–Kier alpha value is -0.420. The third-order valence-electron chi connectivity index (χ3n) is 2.97. The zero-order valence-corrected chi connectivity index (χ0v) is 11.6. The van der Waals surface area contributed by atoms with Gasteiger partial charge in [0.25, 0.3) is 0 Å². The van der Waals surface area contributed by atoms with Gasteiger partial charge in [0, 0.05) is 24.5 Å². The van der Waals surface area contributed by atoms with E-state index in [1.807, 2.05) is 0 Å². The van der Waals surface area contributed by atoms with Crippen LogP contribution in [0.15, 0.2) is 29.2 Å². The van der Waals surface area contributed by atoms with Crippen LogP contribution in [0.5, 0.6) is 0 Å². The number of thioether (sulfide) groups is 1. The van der Waals surface area contributed by atoms with Gasteiger partial charge >= 0.3 is 0 Å². The van der Waals surface area contributed by atoms with E-state index in [0.717, 1.165) is 26.2 Å². The lowest BCUT2D eigenvalue weighted by atomic mass is 10.1. The number of hydrogen-bond acceptors (Lipinski definition) is 4. The van der Waals surface area contributed by atoms with Crippen molar-refractivity contribution in [2.45, 2.75) is 11.0 Å². The van der Waals surface area contributed by atoms with Gasteiger partial charge in [0.15, 0.2) is 0 Å². The summed E-state index contributed by atoms with van der Waals surface area (Å²) in [7, 11) is 0. The minimum absolute atomic E-state index is 0.189. The fraction of sp³-hybridized carbons (Fsp3) is 0.462. The predicted molar refractivity (Wildman–Crippen MR) is 77.0 cm³/mol. The van der Waals surface area contributed by atoms with Crippen LogP contribution in [0.25, 0.3) is 0 Å². The Morgan fingerprint density at radius 1 is 1.47 bits per heavy atom. The SMILES string of the molecule is CSc1ccc(C2CN(CC=S)CCO2)cc1. The first-order valence-corrected chi connectivity index (χ1v) is 7.44. The highest BCUT2D eigenvalue weighted by molar-refractivity contribution is 7.98. The third-order valence-corrected chi connectivity index (χ3v) is 3.86. The Bertz CT molecular complexity index is 366. The zero-order chi connectivity index (χ0) is 12.1. The molecule has 1 unspecified atom stereocenters. The first kappa shape index (κ1) is 13.0. The van der Waals surface area contributed by atoms with E-state index in [-0.39, 0.29) is 6.10 Å². The quantitative estimate of drug-likeness (QED) is 0.614. The highest BCUT2D eigenvalue weighted by atomic mass is 32.2. The maximum Gasteiger partial charge on any atom is 0.0952 e. The molecule has 0 saturated carbocycles. The fourth-order valence-corrected chi connectivity index (χ4v) is 2.61. The number of ether oxygens (including phenoxy) is 1. The Morgan fingerprint density at radius 2 is 2.24 bits per heavy atom. The van der Waals surface area contributed by atoms with Gasteiger partial charge in [0.05, 0.1) is 12.7 Å². The number of morpholine rings is 1. The molecule has 1 aromatic rings. The highest BCUT2D eigenvalue weighted by Gasteiger charge is 2.20. The van der Waals surface area contributed by atoms with Crippen molar-refractivity contribution in [3.8, 4) is 0 Å². The smallest absolute Gasteiger partial charge is 0.0952 e. The van der Waals surface area contributed by atoms with Gasteiger partial charge in [-0.1, -0.05) is 24.4 Å². The second kappa shape index (κ2) is 6.50. The summed E-state index contributed by atoms with van der Waals surface area (Å²) in [5.74, 6) is 0. The molecule has 2 rings (SSSR count). The first-order valence-electron chi connectivity index (χ1n) is 5.75. The van der Waals surface area contributed by atoms with Gasteiger partial charge in [-0.3, -0.25) is 4.90 Å². The maximum atomic E-state index is 5.82. The molecule has 2 nitrogen and oxygen atoms in total. The summed E-state index contributed by atoms with van der Waals surface area (Å²) in [6, 6.07) is 8.64. The van der Waals surface area contributed by atoms with Crippen LogP contribution in [-0.2, 0) is 4.74 Å². The van der Waals surface area contributed by atoms with E-state index in [1.54, 1.807) is 17.1 Å². The highest BCUT2D eigenvalue weighted by Crippen LogP contribution is 2.24. The molecular weight excluding hydrogens is 250 g/mol. The van der Waals surface area contributed by atoms with E-state index in [1.165, 1.54) is 10.5 Å². The monoisotopic (exact) mass is 267 g/mol. The van der Waals surface area contributed by atoms with E-state index >= 15 is 0 Å². The summed E-state index contributed by atoms with van der Waals surface area (Å²) in [4.78, 5) is 3.63. The molecule has 17 heavy (non-hydrogen) atoms. The normalized spacial score (nSPS) is 21.4. The number of benzene rings is 1. The van der Waals surface area contributed by atoms with Crippen LogP contribution in [0.3, 0.4) is 0 Å². The number of hydrogen-bond donors (Lipinski definition) is 0. The molecule has 1 aliphatic rings. The second-order valence-corrected chi connectivity index (χ2v) is 5.27.